The van der Waals surface area contributed by atoms with Crippen molar-refractivity contribution in [2.45, 2.75) is 25.7 Å². The van der Waals surface area contributed by atoms with Gasteiger partial charge in [-0.15, -0.1) is 0 Å². The number of nitrogens with zero attached hydrogens (tertiary/aromatic N) is 1. The standard InChI is InChI=1S/C24H22ClFN2O3/c1-14-21(24(29)31-4)22(18-11-8-16(26)13-19(18)25)23(27-2)20(28-14)12-7-15-5-9-17(30-3)10-6-15/h5-6,8-11,13,22,28H,7,12H2,1,3-4H3. The molecule has 5 nitrogen and oxygen atoms in total. The van der Waals surface area contributed by atoms with Crippen molar-refractivity contribution < 1.29 is 18.7 Å². The fourth-order valence-corrected chi connectivity index (χ4v) is 3.96. The van der Waals surface area contributed by atoms with Crippen LogP contribution in [0.1, 0.15) is 30.4 Å². The van der Waals surface area contributed by atoms with Gasteiger partial charge in [-0.05, 0) is 55.2 Å². The third-order valence-electron chi connectivity index (χ3n) is 5.24. The molecule has 2 aromatic carbocycles. The van der Waals surface area contributed by atoms with Crippen LogP contribution in [0.2, 0.25) is 5.02 Å². The second kappa shape index (κ2) is 9.67. The summed E-state index contributed by atoms with van der Waals surface area (Å²) in [6.07, 6.45) is 1.22. The van der Waals surface area contributed by atoms with E-state index in [0.717, 1.165) is 11.3 Å². The van der Waals surface area contributed by atoms with Crippen molar-refractivity contribution in [3.63, 3.8) is 0 Å². The monoisotopic (exact) mass is 440 g/mol. The summed E-state index contributed by atoms with van der Waals surface area (Å²) >= 11 is 6.32. The Morgan fingerprint density at radius 1 is 1.19 bits per heavy atom. The van der Waals surface area contributed by atoms with Crippen molar-refractivity contribution in [1.29, 1.82) is 0 Å². The third-order valence-corrected chi connectivity index (χ3v) is 5.56. The molecule has 0 radical (unpaired) electrons. The van der Waals surface area contributed by atoms with Gasteiger partial charge in [-0.25, -0.2) is 14.0 Å². The average Bonchev–Trinajstić information content (AvgIpc) is 2.77. The summed E-state index contributed by atoms with van der Waals surface area (Å²) in [6, 6.07) is 11.7. The molecule has 0 saturated carbocycles. The van der Waals surface area contributed by atoms with E-state index < -0.39 is 17.7 Å². The molecule has 31 heavy (non-hydrogen) atoms. The molecular weight excluding hydrogens is 419 g/mol. The summed E-state index contributed by atoms with van der Waals surface area (Å²) in [7, 11) is 2.90. The van der Waals surface area contributed by atoms with Crippen LogP contribution < -0.4 is 10.1 Å². The highest BCUT2D eigenvalue weighted by molar-refractivity contribution is 6.31. The minimum absolute atomic E-state index is 0.150. The number of nitrogens with one attached hydrogen (secondary N) is 1. The molecular formula is C24H22ClFN2O3. The molecule has 0 aliphatic carbocycles. The summed E-state index contributed by atoms with van der Waals surface area (Å²) < 4.78 is 23.8. The molecule has 0 spiro atoms. The zero-order chi connectivity index (χ0) is 22.5. The molecule has 3 rings (SSSR count). The number of hydrogen-bond donors (Lipinski definition) is 1. The van der Waals surface area contributed by atoms with Gasteiger partial charge in [-0.1, -0.05) is 29.8 Å². The summed E-state index contributed by atoms with van der Waals surface area (Å²) in [5, 5.41) is 3.36. The molecule has 1 unspecified atom stereocenters. The zero-order valence-corrected chi connectivity index (χ0v) is 18.2. The van der Waals surface area contributed by atoms with Crippen LogP contribution in [0.25, 0.3) is 4.85 Å². The number of aryl methyl sites for hydroxylation is 1. The molecule has 0 amide bonds. The van der Waals surface area contributed by atoms with Gasteiger partial charge in [-0.2, -0.15) is 0 Å². The maximum absolute atomic E-state index is 13.6. The lowest BCUT2D eigenvalue weighted by Gasteiger charge is -2.30. The van der Waals surface area contributed by atoms with E-state index in [9.17, 15) is 9.18 Å². The van der Waals surface area contributed by atoms with Crippen LogP contribution in [0.5, 0.6) is 5.75 Å². The first kappa shape index (κ1) is 22.4. The van der Waals surface area contributed by atoms with Crippen LogP contribution in [0, 0.1) is 12.4 Å². The van der Waals surface area contributed by atoms with Gasteiger partial charge in [0.1, 0.15) is 11.6 Å². The lowest BCUT2D eigenvalue weighted by molar-refractivity contribution is -0.136. The second-order valence-electron chi connectivity index (χ2n) is 7.08. The maximum Gasteiger partial charge on any atom is 0.335 e. The molecule has 1 aliphatic heterocycles. The summed E-state index contributed by atoms with van der Waals surface area (Å²) in [5.41, 5.74) is 3.47. The maximum atomic E-state index is 13.6. The summed E-state index contributed by atoms with van der Waals surface area (Å²) in [4.78, 5) is 16.3. The van der Waals surface area contributed by atoms with Gasteiger partial charge in [-0.3, -0.25) is 0 Å². The number of ether oxygens (including phenoxy) is 2. The van der Waals surface area contributed by atoms with E-state index >= 15 is 0 Å². The number of carbonyl (C=O) groups is 1. The molecule has 160 valence electrons. The Kier molecular flexibility index (Phi) is 6.98. The van der Waals surface area contributed by atoms with Gasteiger partial charge >= 0.3 is 5.97 Å². The zero-order valence-electron chi connectivity index (χ0n) is 17.5. The van der Waals surface area contributed by atoms with Crippen LogP contribution >= 0.6 is 11.6 Å². The first-order valence-corrected chi connectivity index (χ1v) is 10.0. The first-order valence-electron chi connectivity index (χ1n) is 9.64. The number of hydrogen-bond acceptors (Lipinski definition) is 4. The molecule has 2 aromatic rings. The number of halogens is 2. The van der Waals surface area contributed by atoms with Gasteiger partial charge in [0, 0.05) is 16.4 Å². The lowest BCUT2D eigenvalue weighted by atomic mass is 9.83. The van der Waals surface area contributed by atoms with E-state index in [-0.39, 0.29) is 10.6 Å². The molecule has 1 N–H and O–H groups in total. The van der Waals surface area contributed by atoms with Crippen molar-refractivity contribution in [2.75, 3.05) is 14.2 Å². The van der Waals surface area contributed by atoms with E-state index in [1.807, 2.05) is 24.3 Å². The van der Waals surface area contributed by atoms with Crippen LogP contribution in [-0.2, 0) is 16.0 Å². The fourth-order valence-electron chi connectivity index (χ4n) is 3.69. The number of allylic oxidation sites excluding steroid dienone is 3. The Labute approximate surface area is 185 Å². The molecule has 1 aliphatic rings. The molecule has 1 heterocycles. The van der Waals surface area contributed by atoms with Gasteiger partial charge in [0.05, 0.1) is 32.3 Å². The van der Waals surface area contributed by atoms with E-state index in [0.29, 0.717) is 35.5 Å². The molecule has 0 saturated heterocycles. The largest absolute Gasteiger partial charge is 0.497 e. The minimum atomic E-state index is -0.745. The number of benzene rings is 2. The van der Waals surface area contributed by atoms with Crippen molar-refractivity contribution in [3.8, 4) is 5.75 Å². The van der Waals surface area contributed by atoms with Crippen LogP contribution in [0.4, 0.5) is 4.39 Å². The van der Waals surface area contributed by atoms with Gasteiger partial charge < -0.3 is 14.8 Å². The molecule has 1 atom stereocenters. The predicted molar refractivity (Wildman–Crippen MR) is 117 cm³/mol. The number of esters is 1. The third kappa shape index (κ3) is 4.73. The fraction of sp³-hybridized carbons (Fsp3) is 0.250. The van der Waals surface area contributed by atoms with E-state index in [1.54, 1.807) is 14.0 Å². The number of carbonyl (C=O) groups excluding carboxylic acids is 1. The Morgan fingerprint density at radius 2 is 1.90 bits per heavy atom. The molecule has 0 aromatic heterocycles. The lowest BCUT2D eigenvalue weighted by Crippen LogP contribution is -2.29. The predicted octanol–water partition coefficient (Wildman–Crippen LogP) is 5.39. The highest BCUT2D eigenvalue weighted by Gasteiger charge is 2.36. The van der Waals surface area contributed by atoms with Crippen LogP contribution in [-0.4, -0.2) is 20.2 Å². The van der Waals surface area contributed by atoms with Crippen LogP contribution in [0.3, 0.4) is 0 Å². The van der Waals surface area contributed by atoms with E-state index in [1.165, 1.54) is 25.3 Å². The Morgan fingerprint density at radius 3 is 2.48 bits per heavy atom. The van der Waals surface area contributed by atoms with Gasteiger partial charge in [0.2, 0.25) is 0 Å². The average molecular weight is 441 g/mol. The quantitative estimate of drug-likeness (QED) is 0.483. The molecule has 7 heteroatoms. The molecule has 0 bridgehead atoms. The van der Waals surface area contributed by atoms with E-state index in [2.05, 4.69) is 10.2 Å². The topological polar surface area (TPSA) is 51.9 Å². The van der Waals surface area contributed by atoms with Crippen molar-refractivity contribution in [3.05, 3.63) is 98.5 Å². The van der Waals surface area contributed by atoms with Gasteiger partial charge in [0.25, 0.3) is 0 Å². The number of rotatable bonds is 6. The summed E-state index contributed by atoms with van der Waals surface area (Å²) in [5.74, 6) is -1.03. The second-order valence-corrected chi connectivity index (χ2v) is 7.48. The first-order chi connectivity index (χ1) is 14.9. The van der Waals surface area contributed by atoms with E-state index in [4.69, 9.17) is 27.6 Å². The Bertz CT molecular complexity index is 1100. The summed E-state index contributed by atoms with van der Waals surface area (Å²) in [6.45, 7) is 9.58. The van der Waals surface area contributed by atoms with Crippen molar-refractivity contribution in [1.82, 2.24) is 5.32 Å². The number of dihydropyridines is 1. The Balaban J connectivity index is 2.02. The van der Waals surface area contributed by atoms with Crippen molar-refractivity contribution >= 4 is 17.6 Å². The molecule has 0 fully saturated rings. The van der Waals surface area contributed by atoms with Gasteiger partial charge in [0.15, 0.2) is 5.70 Å². The van der Waals surface area contributed by atoms with Crippen LogP contribution in [0.15, 0.2) is 65.1 Å². The SMILES string of the molecule is [C-]#[N+]C1=C(CCc2ccc(OC)cc2)NC(C)=C(C(=O)OC)C1c1ccc(F)cc1Cl. The Hall–Kier alpha value is -3.30. The minimum Gasteiger partial charge on any atom is -0.497 e. The highest BCUT2D eigenvalue weighted by Crippen LogP contribution is 2.42. The normalized spacial score (nSPS) is 15.9. The van der Waals surface area contributed by atoms with Crippen molar-refractivity contribution in [2.24, 2.45) is 0 Å². The smallest absolute Gasteiger partial charge is 0.335 e. The number of methoxy groups -OCH3 is 2. The highest BCUT2D eigenvalue weighted by atomic mass is 35.5.